The zero-order valence-electron chi connectivity index (χ0n) is 12.3. The first-order chi connectivity index (χ1) is 8.73. The summed E-state index contributed by atoms with van der Waals surface area (Å²) in [6.07, 6.45) is 4.43. The van der Waals surface area contributed by atoms with Crippen LogP contribution in [0, 0.1) is 5.92 Å². The van der Waals surface area contributed by atoms with Crippen LogP contribution in [0.1, 0.15) is 58.7 Å². The monoisotopic (exact) mass is 253 g/mol. The molecule has 0 aliphatic rings. The average molecular weight is 253 g/mol. The van der Waals surface area contributed by atoms with Crippen LogP contribution in [-0.4, -0.2) is 28.1 Å². The second kappa shape index (κ2) is 8.25. The van der Waals surface area contributed by atoms with Crippen LogP contribution in [0.4, 0.5) is 0 Å². The van der Waals surface area contributed by atoms with Crippen LogP contribution in [0.2, 0.25) is 0 Å². The Hall–Kier alpha value is -0.900. The molecule has 1 aromatic rings. The summed E-state index contributed by atoms with van der Waals surface area (Å²) < 4.78 is 5.30. The highest BCUT2D eigenvalue weighted by molar-refractivity contribution is 4.86. The van der Waals surface area contributed by atoms with Gasteiger partial charge in [0.1, 0.15) is 0 Å². The number of aromatic nitrogens is 2. The molecule has 1 aromatic heterocycles. The maximum atomic E-state index is 5.30. The molecule has 0 amide bonds. The van der Waals surface area contributed by atoms with Crippen molar-refractivity contribution in [1.82, 2.24) is 15.0 Å². The number of hydrogen-bond acceptors (Lipinski definition) is 4. The first-order valence-electron chi connectivity index (χ1n) is 7.27. The predicted molar refractivity (Wildman–Crippen MR) is 73.3 cm³/mol. The van der Waals surface area contributed by atoms with Crippen molar-refractivity contribution in [3.63, 3.8) is 0 Å². The molecule has 0 N–H and O–H groups in total. The van der Waals surface area contributed by atoms with E-state index in [9.17, 15) is 0 Å². The van der Waals surface area contributed by atoms with Crippen LogP contribution in [-0.2, 0) is 13.0 Å². The van der Waals surface area contributed by atoms with Crippen molar-refractivity contribution in [3.05, 3.63) is 11.7 Å². The highest BCUT2D eigenvalue weighted by atomic mass is 16.5. The minimum absolute atomic E-state index is 0.756. The van der Waals surface area contributed by atoms with Gasteiger partial charge in [-0.1, -0.05) is 45.7 Å². The quantitative estimate of drug-likeness (QED) is 0.677. The number of hydrogen-bond donors (Lipinski definition) is 0. The van der Waals surface area contributed by atoms with Crippen LogP contribution in [0.3, 0.4) is 0 Å². The van der Waals surface area contributed by atoms with Crippen molar-refractivity contribution in [3.8, 4) is 0 Å². The third kappa shape index (κ3) is 4.77. The summed E-state index contributed by atoms with van der Waals surface area (Å²) in [7, 11) is 0. The molecule has 0 aromatic carbocycles. The minimum Gasteiger partial charge on any atom is -0.338 e. The van der Waals surface area contributed by atoms with Crippen LogP contribution in [0.5, 0.6) is 0 Å². The van der Waals surface area contributed by atoms with Gasteiger partial charge in [-0.3, -0.25) is 4.90 Å². The summed E-state index contributed by atoms with van der Waals surface area (Å²) in [5.41, 5.74) is 0. The fourth-order valence-corrected chi connectivity index (χ4v) is 2.09. The third-order valence-electron chi connectivity index (χ3n) is 3.46. The van der Waals surface area contributed by atoms with Gasteiger partial charge in [-0.15, -0.1) is 0 Å². The van der Waals surface area contributed by atoms with Gasteiger partial charge in [0.25, 0.3) is 0 Å². The zero-order valence-corrected chi connectivity index (χ0v) is 12.3. The Bertz CT molecular complexity index is 321. The molecule has 18 heavy (non-hydrogen) atoms. The first-order valence-corrected chi connectivity index (χ1v) is 7.27. The molecule has 0 unspecified atom stereocenters. The smallest absolute Gasteiger partial charge is 0.240 e. The van der Waals surface area contributed by atoms with Gasteiger partial charge < -0.3 is 4.52 Å². The summed E-state index contributed by atoms with van der Waals surface area (Å²) in [6, 6.07) is 0. The van der Waals surface area contributed by atoms with Crippen molar-refractivity contribution in [2.45, 2.75) is 59.9 Å². The molecule has 0 aliphatic carbocycles. The van der Waals surface area contributed by atoms with Crippen molar-refractivity contribution in [1.29, 1.82) is 0 Å². The summed E-state index contributed by atoms with van der Waals surface area (Å²) >= 11 is 0. The van der Waals surface area contributed by atoms with Crippen LogP contribution < -0.4 is 0 Å². The molecule has 4 nitrogen and oxygen atoms in total. The largest absolute Gasteiger partial charge is 0.338 e. The Morgan fingerprint density at radius 2 is 1.89 bits per heavy atom. The molecule has 104 valence electrons. The Balaban J connectivity index is 2.50. The number of aryl methyl sites for hydroxylation is 1. The van der Waals surface area contributed by atoms with E-state index in [1.807, 2.05) is 0 Å². The highest BCUT2D eigenvalue weighted by Gasteiger charge is 2.13. The summed E-state index contributed by atoms with van der Waals surface area (Å²) in [5, 5.41) is 4.00. The van der Waals surface area contributed by atoms with Gasteiger partial charge >= 0.3 is 0 Å². The molecule has 0 saturated carbocycles. The molecule has 1 heterocycles. The summed E-state index contributed by atoms with van der Waals surface area (Å²) in [6.45, 7) is 11.8. The second-order valence-corrected chi connectivity index (χ2v) is 4.86. The molecule has 0 atom stereocenters. The normalized spacial score (nSPS) is 11.7. The van der Waals surface area contributed by atoms with Gasteiger partial charge in [0.2, 0.25) is 5.89 Å². The molecule has 0 bridgehead atoms. The van der Waals surface area contributed by atoms with Crippen molar-refractivity contribution >= 4 is 0 Å². The van der Waals surface area contributed by atoms with Crippen molar-refractivity contribution < 1.29 is 4.52 Å². The Morgan fingerprint density at radius 1 is 1.17 bits per heavy atom. The van der Waals surface area contributed by atoms with Gasteiger partial charge in [0.15, 0.2) is 5.82 Å². The zero-order chi connectivity index (χ0) is 13.4. The van der Waals surface area contributed by atoms with E-state index in [4.69, 9.17) is 4.52 Å². The van der Waals surface area contributed by atoms with E-state index >= 15 is 0 Å². The molecule has 0 saturated heterocycles. The van der Waals surface area contributed by atoms with Crippen LogP contribution >= 0.6 is 0 Å². The Morgan fingerprint density at radius 3 is 2.44 bits per heavy atom. The van der Waals surface area contributed by atoms with Crippen molar-refractivity contribution in [2.24, 2.45) is 5.92 Å². The van der Waals surface area contributed by atoms with Crippen LogP contribution in [0.25, 0.3) is 0 Å². The lowest BCUT2D eigenvalue weighted by Crippen LogP contribution is -2.28. The summed E-state index contributed by atoms with van der Waals surface area (Å²) in [4.78, 5) is 6.82. The van der Waals surface area contributed by atoms with E-state index in [1.165, 1.54) is 12.8 Å². The topological polar surface area (TPSA) is 42.2 Å². The maximum Gasteiger partial charge on any atom is 0.240 e. The lowest BCUT2D eigenvalue weighted by Gasteiger charge is -2.23. The van der Waals surface area contributed by atoms with E-state index in [2.05, 4.69) is 42.7 Å². The molecular weight excluding hydrogens is 226 g/mol. The fraction of sp³-hybridized carbons (Fsp3) is 0.857. The molecule has 0 fully saturated rings. The van der Waals surface area contributed by atoms with Crippen LogP contribution in [0.15, 0.2) is 4.52 Å². The average Bonchev–Trinajstić information content (AvgIpc) is 2.82. The fourth-order valence-electron chi connectivity index (χ4n) is 2.09. The SMILES string of the molecule is CCCc1noc(CN(CC)CC(CC)CC)n1. The molecule has 1 rings (SSSR count). The molecule has 4 heteroatoms. The Kier molecular flexibility index (Phi) is 6.94. The van der Waals surface area contributed by atoms with Gasteiger partial charge in [-0.25, -0.2) is 0 Å². The molecule has 0 radical (unpaired) electrons. The van der Waals surface area contributed by atoms with Gasteiger partial charge in [0, 0.05) is 13.0 Å². The standard InChI is InChI=1S/C14H27N3O/c1-5-9-13-15-14(18-16-13)11-17(8-4)10-12(6-2)7-3/h12H,5-11H2,1-4H3. The molecule has 0 aliphatic heterocycles. The van der Waals surface area contributed by atoms with E-state index < -0.39 is 0 Å². The minimum atomic E-state index is 0.756. The highest BCUT2D eigenvalue weighted by Crippen LogP contribution is 2.12. The van der Waals surface area contributed by atoms with E-state index in [0.717, 1.165) is 50.1 Å². The van der Waals surface area contributed by atoms with Gasteiger partial charge in [-0.2, -0.15) is 4.98 Å². The first kappa shape index (κ1) is 15.2. The number of nitrogens with zero attached hydrogens (tertiary/aromatic N) is 3. The van der Waals surface area contributed by atoms with Gasteiger partial charge in [-0.05, 0) is 18.9 Å². The van der Waals surface area contributed by atoms with E-state index in [0.29, 0.717) is 0 Å². The lowest BCUT2D eigenvalue weighted by molar-refractivity contribution is 0.199. The summed E-state index contributed by atoms with van der Waals surface area (Å²) in [5.74, 6) is 2.36. The molecule has 0 spiro atoms. The number of rotatable bonds is 9. The third-order valence-corrected chi connectivity index (χ3v) is 3.46. The maximum absolute atomic E-state index is 5.30. The second-order valence-electron chi connectivity index (χ2n) is 4.86. The molecular formula is C14H27N3O. The predicted octanol–water partition coefficient (Wildman–Crippen LogP) is 3.28. The lowest BCUT2D eigenvalue weighted by atomic mass is 10.0. The van der Waals surface area contributed by atoms with E-state index in [-0.39, 0.29) is 0 Å². The van der Waals surface area contributed by atoms with E-state index in [1.54, 1.807) is 0 Å². The van der Waals surface area contributed by atoms with Gasteiger partial charge in [0.05, 0.1) is 6.54 Å². The van der Waals surface area contributed by atoms with Crippen molar-refractivity contribution in [2.75, 3.05) is 13.1 Å². The Labute approximate surface area is 111 Å².